The third kappa shape index (κ3) is 2.85. The predicted octanol–water partition coefficient (Wildman–Crippen LogP) is 1.49. The molecular formula is C11H13N3O2S. The lowest BCUT2D eigenvalue weighted by atomic mass is 10.3. The summed E-state index contributed by atoms with van der Waals surface area (Å²) >= 11 is 1.71. The number of anilines is 1. The molecule has 2 heterocycles. The van der Waals surface area contributed by atoms with Gasteiger partial charge < -0.3 is 15.0 Å². The molecule has 2 rings (SSSR count). The third-order valence-electron chi connectivity index (χ3n) is 2.26. The van der Waals surface area contributed by atoms with Gasteiger partial charge in [0.1, 0.15) is 0 Å². The summed E-state index contributed by atoms with van der Waals surface area (Å²) in [6.07, 6.45) is 2.26. The Hall–Kier alpha value is -1.82. The number of H-pyrrole nitrogens is 1. The van der Waals surface area contributed by atoms with E-state index in [1.165, 1.54) is 18.3 Å². The molecule has 0 atom stereocenters. The van der Waals surface area contributed by atoms with Gasteiger partial charge in [0.15, 0.2) is 5.82 Å². The first kappa shape index (κ1) is 11.7. The Morgan fingerprint density at radius 2 is 2.47 bits per heavy atom. The second-order valence-electron chi connectivity index (χ2n) is 3.37. The van der Waals surface area contributed by atoms with Gasteiger partial charge in [-0.25, -0.2) is 4.98 Å². The molecule has 5 nitrogen and oxygen atoms in total. The molecule has 0 aliphatic rings. The van der Waals surface area contributed by atoms with Gasteiger partial charge in [-0.1, -0.05) is 6.07 Å². The van der Waals surface area contributed by atoms with Crippen molar-refractivity contribution in [2.75, 3.05) is 19.0 Å². The van der Waals surface area contributed by atoms with E-state index in [2.05, 4.69) is 21.4 Å². The van der Waals surface area contributed by atoms with Gasteiger partial charge in [0.2, 0.25) is 5.75 Å². The summed E-state index contributed by atoms with van der Waals surface area (Å²) in [4.78, 5) is 19.2. The fraction of sp³-hybridized carbons (Fsp3) is 0.273. The van der Waals surface area contributed by atoms with E-state index in [1.807, 2.05) is 11.4 Å². The van der Waals surface area contributed by atoms with E-state index in [1.54, 1.807) is 11.3 Å². The minimum absolute atomic E-state index is 0.221. The van der Waals surface area contributed by atoms with Gasteiger partial charge in [-0.2, -0.15) is 0 Å². The highest BCUT2D eigenvalue weighted by Crippen LogP contribution is 2.15. The van der Waals surface area contributed by atoms with E-state index in [0.29, 0.717) is 12.4 Å². The van der Waals surface area contributed by atoms with Gasteiger partial charge in [0, 0.05) is 11.4 Å². The molecule has 0 unspecified atom stereocenters. The highest BCUT2D eigenvalue weighted by molar-refractivity contribution is 7.09. The van der Waals surface area contributed by atoms with Crippen LogP contribution in [0.2, 0.25) is 0 Å². The Labute approximate surface area is 102 Å². The van der Waals surface area contributed by atoms with Crippen LogP contribution >= 0.6 is 11.3 Å². The number of thiophene rings is 1. The second kappa shape index (κ2) is 5.49. The van der Waals surface area contributed by atoms with Crippen LogP contribution < -0.4 is 15.6 Å². The molecule has 17 heavy (non-hydrogen) atoms. The van der Waals surface area contributed by atoms with Gasteiger partial charge in [-0.05, 0) is 17.9 Å². The number of rotatable bonds is 5. The molecule has 0 spiro atoms. The quantitative estimate of drug-likeness (QED) is 0.845. The van der Waals surface area contributed by atoms with Gasteiger partial charge >= 0.3 is 0 Å². The van der Waals surface area contributed by atoms with E-state index in [-0.39, 0.29) is 11.3 Å². The largest absolute Gasteiger partial charge is 0.489 e. The zero-order valence-corrected chi connectivity index (χ0v) is 10.2. The second-order valence-corrected chi connectivity index (χ2v) is 4.40. The zero-order chi connectivity index (χ0) is 12.1. The van der Waals surface area contributed by atoms with Crippen molar-refractivity contribution in [1.29, 1.82) is 0 Å². The van der Waals surface area contributed by atoms with Crippen LogP contribution in [0, 0.1) is 0 Å². The van der Waals surface area contributed by atoms with Crippen LogP contribution in [-0.4, -0.2) is 23.6 Å². The lowest BCUT2D eigenvalue weighted by Gasteiger charge is -2.07. The van der Waals surface area contributed by atoms with Gasteiger partial charge in [-0.3, -0.25) is 4.79 Å². The van der Waals surface area contributed by atoms with Crippen molar-refractivity contribution < 1.29 is 4.74 Å². The van der Waals surface area contributed by atoms with Crippen molar-refractivity contribution in [2.24, 2.45) is 0 Å². The maximum atomic E-state index is 11.4. The molecule has 0 saturated heterocycles. The Morgan fingerprint density at radius 3 is 3.18 bits per heavy atom. The number of hydrogen-bond acceptors (Lipinski definition) is 5. The lowest BCUT2D eigenvalue weighted by Crippen LogP contribution is -2.15. The molecule has 0 saturated carbocycles. The van der Waals surface area contributed by atoms with Gasteiger partial charge in [0.25, 0.3) is 5.56 Å². The first-order valence-electron chi connectivity index (χ1n) is 5.19. The van der Waals surface area contributed by atoms with Crippen molar-refractivity contribution in [3.8, 4) is 5.75 Å². The van der Waals surface area contributed by atoms with E-state index in [9.17, 15) is 4.79 Å². The highest BCUT2D eigenvalue weighted by atomic mass is 32.1. The Bertz CT molecular complexity index is 522. The molecule has 0 aliphatic carbocycles. The van der Waals surface area contributed by atoms with Crippen molar-refractivity contribution in [1.82, 2.24) is 9.97 Å². The van der Waals surface area contributed by atoms with Crippen LogP contribution in [0.25, 0.3) is 0 Å². The van der Waals surface area contributed by atoms with Crippen LogP contribution in [0.5, 0.6) is 5.75 Å². The minimum Gasteiger partial charge on any atom is -0.489 e. The number of hydrogen-bond donors (Lipinski definition) is 2. The summed E-state index contributed by atoms with van der Waals surface area (Å²) in [7, 11) is 1.46. The number of nitrogens with zero attached hydrogens (tertiary/aromatic N) is 1. The molecular weight excluding hydrogens is 238 g/mol. The van der Waals surface area contributed by atoms with Gasteiger partial charge in [-0.15, -0.1) is 11.3 Å². The summed E-state index contributed by atoms with van der Waals surface area (Å²) < 4.78 is 5.00. The normalized spacial score (nSPS) is 10.2. The first-order chi connectivity index (χ1) is 8.31. The molecule has 0 amide bonds. The Morgan fingerprint density at radius 1 is 1.59 bits per heavy atom. The maximum absolute atomic E-state index is 11.4. The van der Waals surface area contributed by atoms with Crippen molar-refractivity contribution in [2.45, 2.75) is 6.42 Å². The number of methoxy groups -OCH3 is 1. The fourth-order valence-corrected chi connectivity index (χ4v) is 2.17. The minimum atomic E-state index is -0.277. The summed E-state index contributed by atoms with van der Waals surface area (Å²) in [6, 6.07) is 4.10. The topological polar surface area (TPSA) is 67.0 Å². The first-order valence-corrected chi connectivity index (χ1v) is 6.07. The van der Waals surface area contributed by atoms with E-state index >= 15 is 0 Å². The molecule has 6 heteroatoms. The zero-order valence-electron chi connectivity index (χ0n) is 9.40. The smallest absolute Gasteiger partial charge is 0.295 e. The summed E-state index contributed by atoms with van der Waals surface area (Å²) in [5.74, 6) is 0.700. The molecule has 2 aromatic heterocycles. The molecule has 0 aliphatic heterocycles. The SMILES string of the molecule is COc1c(NCCc2cccs2)nc[nH]c1=O. The third-order valence-corrected chi connectivity index (χ3v) is 3.19. The number of aromatic amines is 1. The molecule has 0 fully saturated rings. The van der Waals surface area contributed by atoms with E-state index in [4.69, 9.17) is 4.74 Å². The lowest BCUT2D eigenvalue weighted by molar-refractivity contribution is 0.408. The number of aromatic nitrogens is 2. The predicted molar refractivity (Wildman–Crippen MR) is 67.9 cm³/mol. The molecule has 0 bridgehead atoms. The van der Waals surface area contributed by atoms with Crippen molar-refractivity contribution in [3.63, 3.8) is 0 Å². The molecule has 2 N–H and O–H groups in total. The summed E-state index contributed by atoms with van der Waals surface area (Å²) in [5.41, 5.74) is -0.277. The molecule has 0 aromatic carbocycles. The number of ether oxygens (including phenoxy) is 1. The maximum Gasteiger partial charge on any atom is 0.295 e. The monoisotopic (exact) mass is 251 g/mol. The summed E-state index contributed by atoms with van der Waals surface area (Å²) in [5, 5.41) is 5.14. The van der Waals surface area contributed by atoms with Crippen LogP contribution in [0.4, 0.5) is 5.82 Å². The van der Waals surface area contributed by atoms with Crippen LogP contribution in [0.3, 0.4) is 0 Å². The van der Waals surface area contributed by atoms with Crippen LogP contribution in [-0.2, 0) is 6.42 Å². The van der Waals surface area contributed by atoms with Crippen molar-refractivity contribution >= 4 is 17.2 Å². The Kier molecular flexibility index (Phi) is 3.77. The van der Waals surface area contributed by atoms with Crippen LogP contribution in [0.15, 0.2) is 28.6 Å². The summed E-state index contributed by atoms with van der Waals surface area (Å²) in [6.45, 7) is 0.716. The average Bonchev–Trinajstić information content (AvgIpc) is 2.82. The van der Waals surface area contributed by atoms with E-state index < -0.39 is 0 Å². The molecule has 0 radical (unpaired) electrons. The molecule has 90 valence electrons. The highest BCUT2D eigenvalue weighted by Gasteiger charge is 2.07. The fourth-order valence-electron chi connectivity index (χ4n) is 1.46. The van der Waals surface area contributed by atoms with Crippen LogP contribution in [0.1, 0.15) is 4.88 Å². The standard InChI is InChI=1S/C11H13N3O2S/c1-16-9-10(13-7-14-11(9)15)12-5-4-8-3-2-6-17-8/h2-3,6-7H,4-5H2,1H3,(H2,12,13,14,15). The molecule has 2 aromatic rings. The van der Waals surface area contributed by atoms with Gasteiger partial charge in [0.05, 0.1) is 13.4 Å². The van der Waals surface area contributed by atoms with Crippen molar-refractivity contribution in [3.05, 3.63) is 39.1 Å². The Balaban J connectivity index is 1.99. The van der Waals surface area contributed by atoms with E-state index in [0.717, 1.165) is 6.42 Å². The average molecular weight is 251 g/mol. The number of nitrogens with one attached hydrogen (secondary N) is 2.